The molecule has 158 valence electrons. The number of hydrogen-bond acceptors (Lipinski definition) is 4. The average molecular weight is 407 g/mol. The fourth-order valence-electron chi connectivity index (χ4n) is 3.58. The van der Waals surface area contributed by atoms with Crippen LogP contribution in [0.3, 0.4) is 0 Å². The Bertz CT molecular complexity index is 904. The molecule has 0 fully saturated rings. The summed E-state index contributed by atoms with van der Waals surface area (Å²) in [5, 5.41) is 0. The van der Waals surface area contributed by atoms with Crippen LogP contribution in [0.25, 0.3) is 5.57 Å². The summed E-state index contributed by atoms with van der Waals surface area (Å²) in [6, 6.07) is 17.1. The second-order valence-corrected chi connectivity index (χ2v) is 7.46. The van der Waals surface area contributed by atoms with Crippen molar-refractivity contribution in [3.8, 4) is 5.75 Å². The third-order valence-corrected chi connectivity index (χ3v) is 5.22. The maximum absolute atomic E-state index is 13.3. The van der Waals surface area contributed by atoms with Gasteiger partial charge in [0.2, 0.25) is 0 Å². The van der Waals surface area contributed by atoms with Crippen molar-refractivity contribution < 1.29 is 14.3 Å². The summed E-state index contributed by atoms with van der Waals surface area (Å²) in [5.74, 6) is 0.301. The van der Waals surface area contributed by atoms with Gasteiger partial charge in [0, 0.05) is 19.3 Å². The molecule has 30 heavy (non-hydrogen) atoms. The third-order valence-electron chi connectivity index (χ3n) is 5.22. The van der Waals surface area contributed by atoms with Crippen LogP contribution >= 0.6 is 0 Å². The van der Waals surface area contributed by atoms with Crippen LogP contribution in [0.2, 0.25) is 0 Å². The zero-order chi connectivity index (χ0) is 21.5. The Labute approximate surface area is 178 Å². The highest BCUT2D eigenvalue weighted by Crippen LogP contribution is 2.34. The molecule has 2 aromatic rings. The fourth-order valence-corrected chi connectivity index (χ4v) is 3.58. The van der Waals surface area contributed by atoms with Crippen LogP contribution in [-0.2, 0) is 9.59 Å². The van der Waals surface area contributed by atoms with E-state index in [0.29, 0.717) is 24.4 Å². The van der Waals surface area contributed by atoms with E-state index in [9.17, 15) is 9.59 Å². The van der Waals surface area contributed by atoms with Gasteiger partial charge in [-0.2, -0.15) is 0 Å². The molecule has 5 nitrogen and oxygen atoms in total. The summed E-state index contributed by atoms with van der Waals surface area (Å²) >= 11 is 0. The number of imide groups is 1. The Morgan fingerprint density at radius 3 is 2.20 bits per heavy atom. The zero-order valence-corrected chi connectivity index (χ0v) is 18.1. The highest BCUT2D eigenvalue weighted by molar-refractivity contribution is 6.36. The van der Waals surface area contributed by atoms with E-state index < -0.39 is 0 Å². The van der Waals surface area contributed by atoms with Gasteiger partial charge in [-0.05, 0) is 42.7 Å². The lowest BCUT2D eigenvalue weighted by molar-refractivity contribution is -0.136. The number of rotatable bonds is 10. The lowest BCUT2D eigenvalue weighted by Crippen LogP contribution is -2.35. The highest BCUT2D eigenvalue weighted by atomic mass is 16.5. The molecule has 0 unspecified atom stereocenters. The second-order valence-electron chi connectivity index (χ2n) is 7.46. The number of benzene rings is 2. The van der Waals surface area contributed by atoms with Crippen molar-refractivity contribution in [2.24, 2.45) is 0 Å². The van der Waals surface area contributed by atoms with Crippen molar-refractivity contribution in [2.45, 2.75) is 39.5 Å². The number of anilines is 1. The van der Waals surface area contributed by atoms with Gasteiger partial charge in [-0.15, -0.1) is 0 Å². The van der Waals surface area contributed by atoms with Crippen LogP contribution in [0.4, 0.5) is 5.69 Å². The molecule has 0 atom stereocenters. The van der Waals surface area contributed by atoms with E-state index in [-0.39, 0.29) is 11.8 Å². The minimum atomic E-state index is -0.233. The smallest absolute Gasteiger partial charge is 0.278 e. The van der Waals surface area contributed by atoms with Gasteiger partial charge in [0.15, 0.2) is 0 Å². The molecule has 0 saturated carbocycles. The first-order valence-corrected chi connectivity index (χ1v) is 10.7. The zero-order valence-electron chi connectivity index (χ0n) is 18.1. The molecule has 0 saturated heterocycles. The predicted octanol–water partition coefficient (Wildman–Crippen LogP) is 4.88. The van der Waals surface area contributed by atoms with E-state index in [1.54, 1.807) is 0 Å². The first-order chi connectivity index (χ1) is 14.6. The van der Waals surface area contributed by atoms with Crippen molar-refractivity contribution in [1.82, 2.24) is 4.90 Å². The van der Waals surface area contributed by atoms with Gasteiger partial charge in [0.25, 0.3) is 11.8 Å². The Kier molecular flexibility index (Phi) is 7.28. The van der Waals surface area contributed by atoms with Gasteiger partial charge in [-0.25, -0.2) is 0 Å². The number of carbonyl (C=O) groups is 2. The molecule has 0 spiro atoms. The number of para-hydroxylation sites is 1. The summed E-state index contributed by atoms with van der Waals surface area (Å²) in [6.07, 6.45) is 3.76. The molecule has 0 aliphatic carbocycles. The summed E-state index contributed by atoms with van der Waals surface area (Å²) in [6.45, 7) is 5.25. The quantitative estimate of drug-likeness (QED) is 0.417. The second kappa shape index (κ2) is 10.1. The maximum Gasteiger partial charge on any atom is 0.278 e. The topological polar surface area (TPSA) is 49.9 Å². The molecule has 1 aliphatic heterocycles. The number of likely N-dealkylation sites (N-methyl/N-ethyl adjacent to an activating group) is 1. The number of ether oxygens (including phenoxy) is 1. The SMILES string of the molecule is CCCCCN1C(=O)C(c2ccc(OCCC)cc2)=C(N(C)c2ccccc2)C1=O. The lowest BCUT2D eigenvalue weighted by atomic mass is 10.0. The summed E-state index contributed by atoms with van der Waals surface area (Å²) in [5.41, 5.74) is 2.47. The molecule has 5 heteroatoms. The largest absolute Gasteiger partial charge is 0.494 e. The van der Waals surface area contributed by atoms with Crippen molar-refractivity contribution in [3.05, 3.63) is 65.9 Å². The van der Waals surface area contributed by atoms with Crippen LogP contribution in [0.5, 0.6) is 5.75 Å². The number of unbranched alkanes of at least 4 members (excludes halogenated alkanes) is 2. The minimum absolute atomic E-state index is 0.226. The van der Waals surface area contributed by atoms with Crippen molar-refractivity contribution in [2.75, 3.05) is 25.1 Å². The number of hydrogen-bond donors (Lipinski definition) is 0. The van der Waals surface area contributed by atoms with Crippen molar-refractivity contribution >= 4 is 23.1 Å². The molecule has 1 heterocycles. The molecule has 0 N–H and O–H groups in total. The standard InChI is InChI=1S/C25H30N2O3/c1-4-6-10-17-27-24(28)22(19-13-15-21(16-14-19)30-18-5-2)23(25(27)29)26(3)20-11-8-7-9-12-20/h7-9,11-16H,4-6,10,17-18H2,1-3H3. The molecule has 0 radical (unpaired) electrons. The highest BCUT2D eigenvalue weighted by Gasteiger charge is 2.40. The lowest BCUT2D eigenvalue weighted by Gasteiger charge is -2.21. The normalized spacial score (nSPS) is 13.9. The van der Waals surface area contributed by atoms with E-state index in [0.717, 1.165) is 42.7 Å². The first kappa shape index (κ1) is 21.6. The van der Waals surface area contributed by atoms with Gasteiger partial charge in [-0.3, -0.25) is 14.5 Å². The van der Waals surface area contributed by atoms with Gasteiger partial charge in [0.05, 0.1) is 12.2 Å². The molecule has 0 aromatic heterocycles. The minimum Gasteiger partial charge on any atom is -0.494 e. The molecule has 2 aromatic carbocycles. The van der Waals surface area contributed by atoms with Gasteiger partial charge in [-0.1, -0.05) is 57.0 Å². The number of carbonyl (C=O) groups excluding carboxylic acids is 2. The molecule has 2 amide bonds. The Balaban J connectivity index is 1.99. The Hall–Kier alpha value is -3.08. The monoisotopic (exact) mass is 406 g/mol. The van der Waals surface area contributed by atoms with Crippen LogP contribution in [0.15, 0.2) is 60.3 Å². The molecule has 1 aliphatic rings. The fraction of sp³-hybridized carbons (Fsp3) is 0.360. The van der Waals surface area contributed by atoms with Crippen molar-refractivity contribution in [3.63, 3.8) is 0 Å². The van der Waals surface area contributed by atoms with E-state index in [1.165, 1.54) is 4.90 Å². The van der Waals surface area contributed by atoms with Gasteiger partial charge >= 0.3 is 0 Å². The van der Waals surface area contributed by atoms with Gasteiger partial charge < -0.3 is 9.64 Å². The number of nitrogens with zero attached hydrogens (tertiary/aromatic N) is 2. The van der Waals surface area contributed by atoms with Gasteiger partial charge in [0.1, 0.15) is 11.4 Å². The Morgan fingerprint density at radius 1 is 0.867 bits per heavy atom. The summed E-state index contributed by atoms with van der Waals surface area (Å²) in [4.78, 5) is 29.8. The molecular weight excluding hydrogens is 376 g/mol. The Morgan fingerprint density at radius 2 is 1.57 bits per heavy atom. The summed E-state index contributed by atoms with van der Waals surface area (Å²) in [7, 11) is 1.84. The van der Waals surface area contributed by atoms with Crippen LogP contribution in [-0.4, -0.2) is 36.9 Å². The maximum atomic E-state index is 13.3. The van der Waals surface area contributed by atoms with Crippen LogP contribution < -0.4 is 9.64 Å². The molecular formula is C25H30N2O3. The third kappa shape index (κ3) is 4.56. The van der Waals surface area contributed by atoms with Crippen LogP contribution in [0.1, 0.15) is 45.1 Å². The van der Waals surface area contributed by atoms with E-state index >= 15 is 0 Å². The first-order valence-electron chi connectivity index (χ1n) is 10.7. The summed E-state index contributed by atoms with van der Waals surface area (Å²) < 4.78 is 5.66. The van der Waals surface area contributed by atoms with Crippen LogP contribution in [0, 0.1) is 0 Å². The van der Waals surface area contributed by atoms with E-state index in [4.69, 9.17) is 4.74 Å². The number of amides is 2. The predicted molar refractivity (Wildman–Crippen MR) is 120 cm³/mol. The molecule has 3 rings (SSSR count). The average Bonchev–Trinajstić information content (AvgIpc) is 3.03. The molecule has 0 bridgehead atoms. The van der Waals surface area contributed by atoms with Crippen molar-refractivity contribution in [1.29, 1.82) is 0 Å². The van der Waals surface area contributed by atoms with E-state index in [2.05, 4.69) is 13.8 Å². The van der Waals surface area contributed by atoms with E-state index in [1.807, 2.05) is 66.5 Å².